The average molecular weight is 316 g/mol. The van der Waals surface area contributed by atoms with Crippen LogP contribution in [0.25, 0.3) is 0 Å². The van der Waals surface area contributed by atoms with E-state index in [4.69, 9.17) is 0 Å². The van der Waals surface area contributed by atoms with Crippen molar-refractivity contribution in [3.8, 4) is 0 Å². The minimum absolute atomic E-state index is 0.0366. The predicted octanol–water partition coefficient (Wildman–Crippen LogP) is 0.315. The zero-order valence-electron chi connectivity index (χ0n) is 12.8. The highest BCUT2D eigenvalue weighted by molar-refractivity contribution is 7.89. The Labute approximate surface area is 126 Å². The van der Waals surface area contributed by atoms with E-state index in [2.05, 4.69) is 15.1 Å². The summed E-state index contributed by atoms with van der Waals surface area (Å²) in [6.07, 6.45) is 1.55. The quantitative estimate of drug-likeness (QED) is 0.835. The van der Waals surface area contributed by atoms with Crippen molar-refractivity contribution in [3.05, 3.63) is 11.3 Å². The Morgan fingerprint density at radius 3 is 2.76 bits per heavy atom. The second kappa shape index (κ2) is 6.43. The lowest BCUT2D eigenvalue weighted by molar-refractivity contribution is 0.266. The van der Waals surface area contributed by atoms with Crippen molar-refractivity contribution < 1.29 is 13.5 Å². The van der Waals surface area contributed by atoms with E-state index in [1.807, 2.05) is 14.0 Å². The first-order valence-electron chi connectivity index (χ1n) is 7.26. The number of likely N-dealkylation sites (N-methyl/N-ethyl adjacent to an activating group) is 1. The van der Waals surface area contributed by atoms with Crippen molar-refractivity contribution in [1.82, 2.24) is 19.4 Å². The van der Waals surface area contributed by atoms with Crippen LogP contribution in [0.5, 0.6) is 0 Å². The fraction of sp³-hybridized carbons (Fsp3) is 0.769. The third kappa shape index (κ3) is 3.13. The molecule has 1 aliphatic rings. The lowest BCUT2D eigenvalue weighted by atomic mass is 10.2. The molecule has 8 heteroatoms. The van der Waals surface area contributed by atoms with Crippen LogP contribution in [-0.2, 0) is 16.6 Å². The molecule has 0 saturated carbocycles. The van der Waals surface area contributed by atoms with Gasteiger partial charge in [-0.3, -0.25) is 5.10 Å². The van der Waals surface area contributed by atoms with Gasteiger partial charge >= 0.3 is 0 Å². The number of nitrogens with one attached hydrogen (secondary N) is 1. The molecule has 2 heterocycles. The summed E-state index contributed by atoms with van der Waals surface area (Å²) in [6, 6.07) is -0.0638. The average Bonchev–Trinajstić information content (AvgIpc) is 2.71. The highest BCUT2D eigenvalue weighted by Crippen LogP contribution is 2.25. The monoisotopic (exact) mass is 316 g/mol. The standard InChI is InChI=1S/C13H24N4O3S/c1-4-11-8-16(3)6-5-7-17(11)21(19,20)13-12(9-18)10(2)14-15-13/h11,18H,4-9H2,1-3H3,(H,14,15). The van der Waals surface area contributed by atoms with Crippen LogP contribution < -0.4 is 0 Å². The smallest absolute Gasteiger partial charge is 0.263 e. The molecule has 2 N–H and O–H groups in total. The molecule has 0 radical (unpaired) electrons. The van der Waals surface area contributed by atoms with Crippen LogP contribution in [-0.4, -0.2) is 65.7 Å². The molecular weight excluding hydrogens is 292 g/mol. The number of aromatic amines is 1. The summed E-state index contributed by atoms with van der Waals surface area (Å²) in [4.78, 5) is 2.16. The lowest BCUT2D eigenvalue weighted by Gasteiger charge is -2.28. The van der Waals surface area contributed by atoms with Crippen molar-refractivity contribution in [3.63, 3.8) is 0 Å². The SMILES string of the molecule is CCC1CN(C)CCCN1S(=O)(=O)c1n[nH]c(C)c1CO. The second-order valence-electron chi connectivity index (χ2n) is 5.58. The van der Waals surface area contributed by atoms with Crippen molar-refractivity contribution in [1.29, 1.82) is 0 Å². The van der Waals surface area contributed by atoms with Crippen molar-refractivity contribution in [2.24, 2.45) is 0 Å². The van der Waals surface area contributed by atoms with Gasteiger partial charge in [-0.2, -0.15) is 9.40 Å². The third-order valence-corrected chi connectivity index (χ3v) is 5.99. The highest BCUT2D eigenvalue weighted by atomic mass is 32.2. The number of aliphatic hydroxyl groups is 1. The van der Waals surface area contributed by atoms with Crippen molar-refractivity contribution in [2.75, 3.05) is 26.7 Å². The Morgan fingerprint density at radius 2 is 2.14 bits per heavy atom. The molecule has 1 fully saturated rings. The molecule has 1 aromatic rings. The maximum absolute atomic E-state index is 12.9. The van der Waals surface area contributed by atoms with Gasteiger partial charge in [-0.15, -0.1) is 0 Å². The number of aryl methyl sites for hydroxylation is 1. The molecule has 1 atom stereocenters. The number of sulfonamides is 1. The summed E-state index contributed by atoms with van der Waals surface area (Å²) in [5, 5.41) is 16.0. The Hall–Kier alpha value is -0.960. The van der Waals surface area contributed by atoms with Gasteiger partial charge in [0.05, 0.1) is 6.61 Å². The summed E-state index contributed by atoms with van der Waals surface area (Å²) in [6.45, 7) is 5.46. The lowest BCUT2D eigenvalue weighted by Crippen LogP contribution is -2.43. The van der Waals surface area contributed by atoms with E-state index < -0.39 is 10.0 Å². The largest absolute Gasteiger partial charge is 0.392 e. The van der Waals surface area contributed by atoms with Crippen LogP contribution in [0.1, 0.15) is 31.0 Å². The topological polar surface area (TPSA) is 89.5 Å². The predicted molar refractivity (Wildman–Crippen MR) is 79.3 cm³/mol. The van der Waals surface area contributed by atoms with Gasteiger partial charge in [0.1, 0.15) is 0 Å². The molecule has 1 aromatic heterocycles. The molecule has 21 heavy (non-hydrogen) atoms. The second-order valence-corrected chi connectivity index (χ2v) is 7.39. The Morgan fingerprint density at radius 1 is 1.43 bits per heavy atom. The first-order chi connectivity index (χ1) is 9.91. The maximum atomic E-state index is 12.9. The molecule has 1 aliphatic heterocycles. The Bertz CT molecular complexity index is 584. The third-order valence-electron chi connectivity index (χ3n) is 4.07. The Kier molecular flexibility index (Phi) is 5.03. The molecule has 0 aliphatic carbocycles. The zero-order chi connectivity index (χ0) is 15.6. The molecule has 2 rings (SSSR count). The summed E-state index contributed by atoms with van der Waals surface area (Å²) in [5.41, 5.74) is 0.957. The van der Waals surface area contributed by atoms with E-state index in [-0.39, 0.29) is 17.7 Å². The molecule has 120 valence electrons. The van der Waals surface area contributed by atoms with Crippen LogP contribution in [0.3, 0.4) is 0 Å². The van der Waals surface area contributed by atoms with E-state index >= 15 is 0 Å². The number of aromatic nitrogens is 2. The summed E-state index contributed by atoms with van der Waals surface area (Å²) >= 11 is 0. The molecule has 0 aromatic carbocycles. The minimum atomic E-state index is -3.69. The summed E-state index contributed by atoms with van der Waals surface area (Å²) in [7, 11) is -1.68. The molecule has 0 amide bonds. The number of nitrogens with zero attached hydrogens (tertiary/aromatic N) is 3. The molecule has 1 saturated heterocycles. The van der Waals surface area contributed by atoms with Gasteiger partial charge in [-0.1, -0.05) is 6.92 Å². The first-order valence-corrected chi connectivity index (χ1v) is 8.70. The fourth-order valence-corrected chi connectivity index (χ4v) is 4.70. The van der Waals surface area contributed by atoms with Crippen LogP contribution in [0, 0.1) is 6.92 Å². The van der Waals surface area contributed by atoms with Crippen molar-refractivity contribution >= 4 is 10.0 Å². The number of hydrogen-bond donors (Lipinski definition) is 2. The van der Waals surface area contributed by atoms with E-state index in [0.29, 0.717) is 24.3 Å². The maximum Gasteiger partial charge on any atom is 0.263 e. The van der Waals surface area contributed by atoms with E-state index in [1.165, 1.54) is 0 Å². The molecule has 1 unspecified atom stereocenters. The summed E-state index contributed by atoms with van der Waals surface area (Å²) < 4.78 is 27.4. The summed E-state index contributed by atoms with van der Waals surface area (Å²) in [5.74, 6) is 0. The van der Waals surface area contributed by atoms with Gasteiger partial charge in [0.15, 0.2) is 5.03 Å². The zero-order valence-corrected chi connectivity index (χ0v) is 13.7. The van der Waals surface area contributed by atoms with Gasteiger partial charge in [0.2, 0.25) is 0 Å². The van der Waals surface area contributed by atoms with Crippen LogP contribution in [0.4, 0.5) is 0 Å². The van der Waals surface area contributed by atoms with Crippen molar-refractivity contribution in [2.45, 2.75) is 44.4 Å². The molecular formula is C13H24N4O3S. The van der Waals surface area contributed by atoms with Crippen LogP contribution in [0.15, 0.2) is 5.03 Å². The van der Waals surface area contributed by atoms with Crippen LogP contribution in [0.2, 0.25) is 0 Å². The molecule has 0 spiro atoms. The van der Waals surface area contributed by atoms with Gasteiger partial charge < -0.3 is 10.0 Å². The van der Waals surface area contributed by atoms with Gasteiger partial charge in [0.25, 0.3) is 10.0 Å². The molecule has 7 nitrogen and oxygen atoms in total. The number of H-pyrrole nitrogens is 1. The highest BCUT2D eigenvalue weighted by Gasteiger charge is 2.36. The fourth-order valence-electron chi connectivity index (χ4n) is 2.81. The van der Waals surface area contributed by atoms with E-state index in [0.717, 1.165) is 19.4 Å². The number of aliphatic hydroxyl groups excluding tert-OH is 1. The van der Waals surface area contributed by atoms with Gasteiger partial charge in [0, 0.05) is 30.4 Å². The number of hydrogen-bond acceptors (Lipinski definition) is 5. The van der Waals surface area contributed by atoms with Gasteiger partial charge in [-0.05, 0) is 33.4 Å². The Balaban J connectivity index is 2.41. The normalized spacial score (nSPS) is 22.4. The van der Waals surface area contributed by atoms with Gasteiger partial charge in [-0.25, -0.2) is 8.42 Å². The number of rotatable bonds is 4. The van der Waals surface area contributed by atoms with E-state index in [1.54, 1.807) is 11.2 Å². The molecule has 0 bridgehead atoms. The van der Waals surface area contributed by atoms with E-state index in [9.17, 15) is 13.5 Å². The minimum Gasteiger partial charge on any atom is -0.392 e. The first kappa shape index (κ1) is 16.4. The van der Waals surface area contributed by atoms with Crippen LogP contribution >= 0.6 is 0 Å².